The molecule has 2 bridgehead atoms. The maximum absolute atomic E-state index is 11.8. The van der Waals surface area contributed by atoms with Gasteiger partial charge in [0, 0.05) is 17.8 Å². The van der Waals surface area contributed by atoms with Crippen molar-refractivity contribution in [3.05, 3.63) is 22.7 Å². The van der Waals surface area contributed by atoms with E-state index in [1.165, 1.54) is 0 Å². The highest BCUT2D eigenvalue weighted by Gasteiger charge is 2.63. The van der Waals surface area contributed by atoms with Gasteiger partial charge in [-0.3, -0.25) is 9.59 Å². The number of carbonyl (C=O) groups is 2. The molecule has 0 heterocycles. The van der Waals surface area contributed by atoms with Crippen LogP contribution in [0.1, 0.15) is 0 Å². The predicted molar refractivity (Wildman–Crippen MR) is 58.3 cm³/mol. The van der Waals surface area contributed by atoms with Crippen molar-refractivity contribution >= 4 is 43.4 Å². The van der Waals surface area contributed by atoms with Gasteiger partial charge < -0.3 is 0 Å². The Morgan fingerprint density at radius 3 is 2.71 bits per heavy atom. The average Bonchev–Trinajstić information content (AvgIpc) is 2.65. The molecule has 0 radical (unpaired) electrons. The van der Waals surface area contributed by atoms with Gasteiger partial charge >= 0.3 is 0 Å². The maximum atomic E-state index is 11.8. The van der Waals surface area contributed by atoms with Gasteiger partial charge in [-0.25, -0.2) is 0 Å². The Balaban J connectivity index is 2.18. The molecule has 1 fully saturated rings. The van der Waals surface area contributed by atoms with E-state index in [0.717, 1.165) is 0 Å². The maximum Gasteiger partial charge on any atom is 0.174 e. The number of alkyl halides is 1. The largest absolute Gasteiger partial charge is 0.297 e. The smallest absolute Gasteiger partial charge is 0.174 e. The average molecular weight is 318 g/mol. The number of rotatable bonds is 0. The zero-order valence-electron chi connectivity index (χ0n) is 7.04. The summed E-state index contributed by atoms with van der Waals surface area (Å²) in [4.78, 5) is 23.6. The van der Waals surface area contributed by atoms with Gasteiger partial charge in [-0.15, -0.1) is 0 Å². The highest BCUT2D eigenvalue weighted by atomic mass is 79.9. The Kier molecular flexibility index (Phi) is 1.60. The first-order valence-corrected chi connectivity index (χ1v) is 5.98. The third kappa shape index (κ3) is 0.784. The van der Waals surface area contributed by atoms with Crippen LogP contribution in [0.4, 0.5) is 0 Å². The van der Waals surface area contributed by atoms with Crippen molar-refractivity contribution in [1.29, 1.82) is 0 Å². The summed E-state index contributed by atoms with van der Waals surface area (Å²) in [5, 5.41) is 0. The molecular formula is C10H6Br2O2. The lowest BCUT2D eigenvalue weighted by Crippen LogP contribution is -2.29. The second kappa shape index (κ2) is 2.47. The molecule has 2 nitrogen and oxygen atoms in total. The van der Waals surface area contributed by atoms with Crippen molar-refractivity contribution in [1.82, 2.24) is 0 Å². The van der Waals surface area contributed by atoms with Gasteiger partial charge in [0.15, 0.2) is 11.6 Å². The van der Waals surface area contributed by atoms with Crippen LogP contribution in [0.3, 0.4) is 0 Å². The molecule has 0 aliphatic heterocycles. The van der Waals surface area contributed by atoms with Gasteiger partial charge in [-0.2, -0.15) is 0 Å². The summed E-state index contributed by atoms with van der Waals surface area (Å²) in [5.41, 5.74) is 0. The van der Waals surface area contributed by atoms with Crippen LogP contribution in [0, 0.1) is 17.8 Å². The van der Waals surface area contributed by atoms with Crippen LogP contribution in [-0.4, -0.2) is 15.9 Å². The fourth-order valence-corrected chi connectivity index (χ4v) is 4.04. The van der Waals surface area contributed by atoms with Crippen molar-refractivity contribution in [2.75, 3.05) is 0 Å². The number of hydrogen-bond acceptors (Lipinski definition) is 2. The van der Waals surface area contributed by atoms with Gasteiger partial charge in [0.2, 0.25) is 0 Å². The number of carbonyl (C=O) groups excluding carboxylic acids is 2. The Labute approximate surface area is 97.7 Å². The molecule has 2 unspecified atom stereocenters. The molecule has 0 saturated heterocycles. The van der Waals surface area contributed by atoms with Crippen LogP contribution >= 0.6 is 31.9 Å². The molecule has 0 aromatic carbocycles. The van der Waals surface area contributed by atoms with Crippen LogP contribution in [0.15, 0.2) is 22.7 Å². The van der Waals surface area contributed by atoms with Crippen molar-refractivity contribution in [3.63, 3.8) is 0 Å². The molecule has 0 aromatic heterocycles. The molecule has 4 heteroatoms. The SMILES string of the molecule is O=C1C(Br)=CC2C1[C@@H]1C=C[C@@]2(Br)C1=O. The van der Waals surface area contributed by atoms with E-state index >= 15 is 0 Å². The minimum Gasteiger partial charge on any atom is -0.297 e. The lowest BCUT2D eigenvalue weighted by Gasteiger charge is -2.22. The number of allylic oxidation sites excluding steroid dienone is 4. The predicted octanol–water partition coefficient (Wildman–Crippen LogP) is 1.98. The van der Waals surface area contributed by atoms with E-state index in [1.807, 2.05) is 18.2 Å². The van der Waals surface area contributed by atoms with E-state index in [9.17, 15) is 9.59 Å². The van der Waals surface area contributed by atoms with E-state index < -0.39 is 4.32 Å². The molecule has 3 aliphatic carbocycles. The summed E-state index contributed by atoms with van der Waals surface area (Å²) < 4.78 is 0.0191. The topological polar surface area (TPSA) is 34.1 Å². The molecule has 3 aliphatic rings. The lowest BCUT2D eigenvalue weighted by molar-refractivity contribution is -0.124. The summed E-state index contributed by atoms with van der Waals surface area (Å²) in [6.07, 6.45) is 5.61. The van der Waals surface area contributed by atoms with E-state index in [1.54, 1.807) is 0 Å². The Hall–Kier alpha value is -0.220. The fraction of sp³-hybridized carbons (Fsp3) is 0.400. The molecule has 0 amide bonds. The van der Waals surface area contributed by atoms with E-state index in [2.05, 4.69) is 31.9 Å². The zero-order chi connectivity index (χ0) is 10.1. The number of Topliss-reactive ketones (excluding diaryl/α,β-unsaturated/α-hetero) is 2. The fourth-order valence-electron chi connectivity index (χ4n) is 2.66. The minimum atomic E-state index is -0.604. The van der Waals surface area contributed by atoms with Crippen molar-refractivity contribution in [2.45, 2.75) is 4.32 Å². The van der Waals surface area contributed by atoms with Gasteiger partial charge in [0.1, 0.15) is 4.32 Å². The number of hydrogen-bond donors (Lipinski definition) is 0. The van der Waals surface area contributed by atoms with E-state index in [4.69, 9.17) is 0 Å². The Bertz CT molecular complexity index is 424. The second-order valence-corrected chi connectivity index (χ2v) is 6.11. The molecule has 0 aromatic rings. The van der Waals surface area contributed by atoms with Crippen LogP contribution < -0.4 is 0 Å². The number of halogens is 2. The first-order valence-electron chi connectivity index (χ1n) is 4.40. The van der Waals surface area contributed by atoms with E-state index in [0.29, 0.717) is 4.48 Å². The summed E-state index contributed by atoms with van der Waals surface area (Å²) in [6.45, 7) is 0. The third-order valence-corrected chi connectivity index (χ3v) is 5.19. The monoisotopic (exact) mass is 316 g/mol. The van der Waals surface area contributed by atoms with Crippen molar-refractivity contribution in [2.24, 2.45) is 17.8 Å². The molecule has 3 rings (SSSR count). The van der Waals surface area contributed by atoms with Gasteiger partial charge in [0.05, 0.1) is 4.48 Å². The lowest BCUT2D eigenvalue weighted by atomic mass is 9.85. The molecule has 72 valence electrons. The summed E-state index contributed by atoms with van der Waals surface area (Å²) in [7, 11) is 0. The zero-order valence-corrected chi connectivity index (χ0v) is 10.2. The van der Waals surface area contributed by atoms with Gasteiger partial charge in [-0.05, 0) is 15.9 Å². The normalized spacial score (nSPS) is 48.7. The molecule has 1 saturated carbocycles. The van der Waals surface area contributed by atoms with Crippen molar-refractivity contribution in [3.8, 4) is 0 Å². The molecule has 0 spiro atoms. The summed E-state index contributed by atoms with van der Waals surface area (Å²) >= 11 is 6.70. The molecule has 4 atom stereocenters. The third-order valence-electron chi connectivity index (χ3n) is 3.35. The first-order chi connectivity index (χ1) is 6.55. The highest BCUT2D eigenvalue weighted by molar-refractivity contribution is 9.12. The number of fused-ring (bicyclic) bond motifs is 5. The Morgan fingerprint density at radius 2 is 2.07 bits per heavy atom. The Morgan fingerprint density at radius 1 is 1.36 bits per heavy atom. The quantitative estimate of drug-likeness (QED) is 0.506. The summed E-state index contributed by atoms with van der Waals surface area (Å²) in [5.74, 6) is -0.164. The molecule has 14 heavy (non-hydrogen) atoms. The van der Waals surface area contributed by atoms with Gasteiger partial charge in [0.25, 0.3) is 0 Å². The van der Waals surface area contributed by atoms with Crippen molar-refractivity contribution < 1.29 is 9.59 Å². The second-order valence-electron chi connectivity index (χ2n) is 3.95. The minimum absolute atomic E-state index is 0.00637. The molecular weight excluding hydrogens is 312 g/mol. The van der Waals surface area contributed by atoms with Crippen LogP contribution in [-0.2, 0) is 9.59 Å². The van der Waals surface area contributed by atoms with Gasteiger partial charge in [-0.1, -0.05) is 34.2 Å². The highest BCUT2D eigenvalue weighted by Crippen LogP contribution is 2.57. The van der Waals surface area contributed by atoms with E-state index in [-0.39, 0.29) is 29.3 Å². The molecule has 0 N–H and O–H groups in total. The first kappa shape index (κ1) is 9.04. The van der Waals surface area contributed by atoms with Crippen LogP contribution in [0.5, 0.6) is 0 Å². The standard InChI is InChI=1S/C10H6Br2O2/c11-6-3-5-7(8(6)13)4-1-2-10(5,12)9(4)14/h1-5,7H/t4-,5?,7?,10-/m0/s1. The number of ketones is 2. The van der Waals surface area contributed by atoms with Crippen LogP contribution in [0.25, 0.3) is 0 Å². The summed E-state index contributed by atoms with van der Waals surface area (Å²) in [6, 6.07) is 0. The van der Waals surface area contributed by atoms with Crippen LogP contribution in [0.2, 0.25) is 0 Å².